The molecule has 2 aromatic heterocycles. The van der Waals surface area contributed by atoms with Crippen LogP contribution in [0.2, 0.25) is 0 Å². The fraction of sp³-hybridized carbons (Fsp3) is 0.462. The fourth-order valence-corrected chi connectivity index (χ4v) is 2.58. The highest BCUT2D eigenvalue weighted by Gasteiger charge is 2.19. The van der Waals surface area contributed by atoms with Crippen LogP contribution in [-0.4, -0.2) is 27.1 Å². The van der Waals surface area contributed by atoms with Crippen LogP contribution in [0.1, 0.15) is 30.0 Å². The van der Waals surface area contributed by atoms with E-state index in [1.165, 1.54) is 0 Å². The minimum atomic E-state index is -0.152. The van der Waals surface area contributed by atoms with Crippen molar-refractivity contribution in [3.05, 3.63) is 33.7 Å². The van der Waals surface area contributed by atoms with Gasteiger partial charge in [-0.25, -0.2) is 0 Å². The van der Waals surface area contributed by atoms with Gasteiger partial charge in [-0.1, -0.05) is 0 Å². The molecule has 0 bridgehead atoms. The average Bonchev–Trinajstić information content (AvgIpc) is 2.80. The van der Waals surface area contributed by atoms with Gasteiger partial charge in [0.15, 0.2) is 0 Å². The molecule has 0 fully saturated rings. The first kappa shape index (κ1) is 15.9. The number of hydrogen-bond acceptors (Lipinski definition) is 6. The van der Waals surface area contributed by atoms with Gasteiger partial charge in [0.1, 0.15) is 0 Å². The van der Waals surface area contributed by atoms with Gasteiger partial charge in [-0.3, -0.25) is 16.0 Å². The summed E-state index contributed by atoms with van der Waals surface area (Å²) >= 11 is 3.59. The van der Waals surface area contributed by atoms with Crippen LogP contribution in [0.15, 0.2) is 16.6 Å². The van der Waals surface area contributed by atoms with Gasteiger partial charge in [-0.05, 0) is 35.8 Å². The number of nitrogens with zero attached hydrogens (tertiary/aromatic N) is 4. The second-order valence-corrected chi connectivity index (χ2v) is 5.38. The number of rotatable bonds is 6. The molecule has 21 heavy (non-hydrogen) atoms. The summed E-state index contributed by atoms with van der Waals surface area (Å²) in [5.41, 5.74) is 5.58. The summed E-state index contributed by atoms with van der Waals surface area (Å²) in [5.74, 6) is 6.15. The van der Waals surface area contributed by atoms with Crippen molar-refractivity contribution < 1.29 is 4.74 Å². The number of aromatic nitrogens is 4. The molecule has 1 atom stereocenters. The molecule has 3 N–H and O–H groups in total. The summed E-state index contributed by atoms with van der Waals surface area (Å²) in [6.45, 7) is 4.83. The summed E-state index contributed by atoms with van der Waals surface area (Å²) in [7, 11) is 1.56. The number of nitrogens with one attached hydrogen (secondary N) is 1. The summed E-state index contributed by atoms with van der Waals surface area (Å²) in [6.07, 6.45) is 0.659. The summed E-state index contributed by atoms with van der Waals surface area (Å²) < 4.78 is 7.98. The van der Waals surface area contributed by atoms with Gasteiger partial charge in [0, 0.05) is 19.0 Å². The van der Waals surface area contributed by atoms with Gasteiger partial charge < -0.3 is 4.74 Å². The van der Waals surface area contributed by atoms with Crippen molar-refractivity contribution in [1.29, 1.82) is 0 Å². The van der Waals surface area contributed by atoms with Crippen LogP contribution in [0.5, 0.6) is 5.88 Å². The third-order valence-corrected chi connectivity index (χ3v) is 4.31. The van der Waals surface area contributed by atoms with Crippen molar-refractivity contribution in [1.82, 2.24) is 25.4 Å². The molecule has 2 aromatic rings. The van der Waals surface area contributed by atoms with Crippen LogP contribution in [0.4, 0.5) is 0 Å². The van der Waals surface area contributed by atoms with Crippen LogP contribution in [0, 0.1) is 6.92 Å². The molecule has 0 saturated heterocycles. The lowest BCUT2D eigenvalue weighted by Crippen LogP contribution is -2.31. The van der Waals surface area contributed by atoms with Gasteiger partial charge >= 0.3 is 0 Å². The number of halogens is 1. The zero-order valence-electron chi connectivity index (χ0n) is 12.3. The third-order valence-electron chi connectivity index (χ3n) is 3.28. The molecule has 1 unspecified atom stereocenters. The first-order chi connectivity index (χ1) is 10.1. The normalized spacial score (nSPS) is 12.4. The van der Waals surface area contributed by atoms with E-state index in [1.807, 2.05) is 17.7 Å². The number of hydrazine groups is 1. The van der Waals surface area contributed by atoms with E-state index < -0.39 is 0 Å². The monoisotopic (exact) mass is 354 g/mol. The summed E-state index contributed by atoms with van der Waals surface area (Å²) in [5, 5.41) is 12.6. The van der Waals surface area contributed by atoms with Crippen molar-refractivity contribution in [2.24, 2.45) is 5.84 Å². The van der Waals surface area contributed by atoms with Crippen LogP contribution in [0.3, 0.4) is 0 Å². The van der Waals surface area contributed by atoms with E-state index >= 15 is 0 Å². The molecule has 0 spiro atoms. The predicted octanol–water partition coefficient (Wildman–Crippen LogP) is 1.52. The largest absolute Gasteiger partial charge is 0.480 e. The maximum absolute atomic E-state index is 5.68. The molecule has 0 saturated carbocycles. The number of aryl methyl sites for hydroxylation is 2. The quantitative estimate of drug-likeness (QED) is 0.603. The maximum atomic E-state index is 5.68. The van der Waals surface area contributed by atoms with Gasteiger partial charge in [-0.15, -0.1) is 5.10 Å². The maximum Gasteiger partial charge on any atom is 0.233 e. The Balaban J connectivity index is 2.26. The minimum absolute atomic E-state index is 0.152. The molecule has 7 nitrogen and oxygen atoms in total. The summed E-state index contributed by atoms with van der Waals surface area (Å²) in [4.78, 5) is 0. The molecule has 2 heterocycles. The zero-order valence-corrected chi connectivity index (χ0v) is 13.9. The van der Waals surface area contributed by atoms with Gasteiger partial charge in [0.25, 0.3) is 0 Å². The summed E-state index contributed by atoms with van der Waals surface area (Å²) in [6, 6.07) is 3.47. The smallest absolute Gasteiger partial charge is 0.233 e. The highest BCUT2D eigenvalue weighted by atomic mass is 79.9. The average molecular weight is 355 g/mol. The van der Waals surface area contributed by atoms with E-state index in [0.717, 1.165) is 28.1 Å². The molecule has 0 aliphatic carbocycles. The van der Waals surface area contributed by atoms with E-state index in [1.54, 1.807) is 13.2 Å². The van der Waals surface area contributed by atoms with Crippen LogP contribution < -0.4 is 16.0 Å². The lowest BCUT2D eigenvalue weighted by molar-refractivity contribution is 0.388. The molecule has 0 amide bonds. The molecular weight excluding hydrogens is 336 g/mol. The Bertz CT molecular complexity index is 597. The van der Waals surface area contributed by atoms with E-state index in [0.29, 0.717) is 12.3 Å². The van der Waals surface area contributed by atoms with Crippen molar-refractivity contribution in [2.45, 2.75) is 32.9 Å². The lowest BCUT2D eigenvalue weighted by Gasteiger charge is -2.16. The van der Waals surface area contributed by atoms with Crippen LogP contribution in [0.25, 0.3) is 0 Å². The Morgan fingerprint density at radius 1 is 1.43 bits per heavy atom. The van der Waals surface area contributed by atoms with Crippen molar-refractivity contribution in [2.75, 3.05) is 7.11 Å². The molecule has 0 aliphatic rings. The molecule has 2 rings (SSSR count). The first-order valence-electron chi connectivity index (χ1n) is 6.66. The van der Waals surface area contributed by atoms with Gasteiger partial charge in [0.05, 0.1) is 34.7 Å². The molecule has 114 valence electrons. The van der Waals surface area contributed by atoms with Crippen LogP contribution >= 0.6 is 15.9 Å². The first-order valence-corrected chi connectivity index (χ1v) is 7.45. The SMILES string of the molecule is CCn1nc(C)c(Br)c1CC(NN)c1ccc(OC)nn1. The highest BCUT2D eigenvalue weighted by Crippen LogP contribution is 2.25. The van der Waals surface area contributed by atoms with E-state index in [9.17, 15) is 0 Å². The molecular formula is C13H19BrN6O. The molecule has 0 aliphatic heterocycles. The number of nitrogens with two attached hydrogens (primary N) is 1. The van der Waals surface area contributed by atoms with Crippen molar-refractivity contribution in [3.63, 3.8) is 0 Å². The Labute approximate surface area is 132 Å². The standard InChI is InChI=1S/C13H19BrN6O/c1-4-20-11(13(14)8(2)19-20)7-10(16-15)9-5-6-12(21-3)18-17-9/h5-6,10,16H,4,7,15H2,1-3H3. The van der Waals surface area contributed by atoms with E-state index in [4.69, 9.17) is 10.6 Å². The highest BCUT2D eigenvalue weighted by molar-refractivity contribution is 9.10. The number of ether oxygens (including phenoxy) is 1. The van der Waals surface area contributed by atoms with E-state index in [2.05, 4.69) is 43.6 Å². The van der Waals surface area contributed by atoms with Gasteiger partial charge in [0.2, 0.25) is 5.88 Å². The second-order valence-electron chi connectivity index (χ2n) is 4.59. The Kier molecular flexibility index (Phi) is 5.27. The molecule has 8 heteroatoms. The zero-order chi connectivity index (χ0) is 15.4. The molecule has 0 radical (unpaired) electrons. The fourth-order valence-electron chi connectivity index (χ4n) is 2.13. The van der Waals surface area contributed by atoms with Crippen molar-refractivity contribution in [3.8, 4) is 5.88 Å². The predicted molar refractivity (Wildman–Crippen MR) is 82.7 cm³/mol. The Morgan fingerprint density at radius 2 is 2.19 bits per heavy atom. The van der Waals surface area contributed by atoms with Crippen molar-refractivity contribution >= 4 is 15.9 Å². The minimum Gasteiger partial charge on any atom is -0.480 e. The topological polar surface area (TPSA) is 90.9 Å². The number of hydrogen-bond donors (Lipinski definition) is 2. The Morgan fingerprint density at radius 3 is 2.71 bits per heavy atom. The van der Waals surface area contributed by atoms with E-state index in [-0.39, 0.29) is 6.04 Å². The van der Waals surface area contributed by atoms with Gasteiger partial charge in [-0.2, -0.15) is 10.2 Å². The second kappa shape index (κ2) is 6.97. The molecule has 0 aromatic carbocycles. The Hall–Kier alpha value is -1.51. The lowest BCUT2D eigenvalue weighted by atomic mass is 10.1. The number of methoxy groups -OCH3 is 1. The third kappa shape index (κ3) is 3.39. The van der Waals surface area contributed by atoms with Crippen LogP contribution in [-0.2, 0) is 13.0 Å².